The van der Waals surface area contributed by atoms with Gasteiger partial charge in [-0.15, -0.1) is 0 Å². The van der Waals surface area contributed by atoms with E-state index in [0.717, 1.165) is 13.0 Å². The molecule has 1 aliphatic rings. The minimum absolute atomic E-state index is 0.120. The van der Waals surface area contributed by atoms with Gasteiger partial charge in [0.15, 0.2) is 11.5 Å². The zero-order chi connectivity index (χ0) is 30.6. The van der Waals surface area contributed by atoms with E-state index in [1.165, 1.54) is 33.7 Å². The number of carbonyl (C=O) groups is 1. The Kier molecular flexibility index (Phi) is 8.17. The number of nitrogens with zero attached hydrogens (tertiary/aromatic N) is 5. The smallest absolute Gasteiger partial charge is 0.339 e. The topological polar surface area (TPSA) is 130 Å². The van der Waals surface area contributed by atoms with Crippen molar-refractivity contribution in [1.82, 2.24) is 24.0 Å². The van der Waals surface area contributed by atoms with E-state index in [1.807, 2.05) is 13.1 Å². The van der Waals surface area contributed by atoms with E-state index in [9.17, 15) is 14.0 Å². The molecule has 3 heterocycles. The van der Waals surface area contributed by atoms with Gasteiger partial charge >= 0.3 is 5.69 Å². The summed E-state index contributed by atoms with van der Waals surface area (Å²) in [7, 11) is 2.00. The molecule has 1 fully saturated rings. The average molecular weight is 596 g/mol. The fraction of sp³-hybridized carbons (Fsp3) is 0.188. The van der Waals surface area contributed by atoms with Crippen molar-refractivity contribution >= 4 is 28.6 Å². The maximum absolute atomic E-state index is 13.9. The number of halogens is 1. The van der Waals surface area contributed by atoms with Crippen LogP contribution < -0.4 is 21.5 Å². The maximum Gasteiger partial charge on any atom is 0.339 e. The Morgan fingerprint density at radius 1 is 1.09 bits per heavy atom. The van der Waals surface area contributed by atoms with Crippen molar-refractivity contribution in [1.29, 1.82) is 0 Å². The molecule has 0 aliphatic carbocycles. The predicted molar refractivity (Wildman–Crippen MR) is 165 cm³/mol. The largest absolute Gasteiger partial charge is 0.457 e. The Labute approximate surface area is 252 Å². The lowest BCUT2D eigenvalue weighted by Crippen LogP contribution is -2.32. The van der Waals surface area contributed by atoms with E-state index in [1.54, 1.807) is 60.7 Å². The van der Waals surface area contributed by atoms with Crippen LogP contribution in [0, 0.1) is 5.82 Å². The third-order valence-electron chi connectivity index (χ3n) is 7.34. The molecule has 3 N–H and O–H groups in total. The number of rotatable bonds is 9. The molecule has 1 amide bonds. The number of nitrogens with two attached hydrogens (primary N) is 1. The number of benzene rings is 3. The highest BCUT2D eigenvalue weighted by molar-refractivity contribution is 5.99. The summed E-state index contributed by atoms with van der Waals surface area (Å²) in [6.45, 7) is 2.08. The van der Waals surface area contributed by atoms with Crippen molar-refractivity contribution in [3.8, 4) is 22.9 Å². The Bertz CT molecular complexity index is 1900. The summed E-state index contributed by atoms with van der Waals surface area (Å²) < 4.78 is 27.6. The van der Waals surface area contributed by atoms with Crippen LogP contribution in [0.5, 0.6) is 11.5 Å². The van der Waals surface area contributed by atoms with Crippen molar-refractivity contribution < 1.29 is 18.7 Å². The zero-order valence-corrected chi connectivity index (χ0v) is 23.9. The molecule has 224 valence electrons. The molecule has 0 bridgehead atoms. The molecule has 6 rings (SSSR count). The zero-order valence-electron chi connectivity index (χ0n) is 23.9. The molecule has 11 nitrogen and oxygen atoms in total. The number of anilines is 2. The monoisotopic (exact) mass is 595 g/mol. The van der Waals surface area contributed by atoms with E-state index in [-0.39, 0.29) is 11.7 Å². The highest BCUT2D eigenvalue weighted by atomic mass is 19.1. The lowest BCUT2D eigenvalue weighted by atomic mass is 10.2. The fourth-order valence-electron chi connectivity index (χ4n) is 5.10. The summed E-state index contributed by atoms with van der Waals surface area (Å²) in [5.74, 6) is 0.220. The third kappa shape index (κ3) is 6.07. The summed E-state index contributed by atoms with van der Waals surface area (Å²) in [5.41, 5.74) is 7.91. The first-order valence-corrected chi connectivity index (χ1v) is 14.0. The molecule has 5 aromatic rings. The minimum atomic E-state index is -0.437. The average Bonchev–Trinajstić information content (AvgIpc) is 3.65. The molecule has 0 radical (unpaired) electrons. The Hall–Kier alpha value is -5.33. The van der Waals surface area contributed by atoms with Crippen molar-refractivity contribution in [3.63, 3.8) is 0 Å². The Morgan fingerprint density at radius 2 is 1.91 bits per heavy atom. The Balaban J connectivity index is 1.26. The van der Waals surface area contributed by atoms with Gasteiger partial charge in [-0.3, -0.25) is 14.3 Å². The molecule has 1 unspecified atom stereocenters. The summed E-state index contributed by atoms with van der Waals surface area (Å²) >= 11 is 0. The van der Waals surface area contributed by atoms with Gasteiger partial charge in [0.25, 0.3) is 0 Å². The third-order valence-corrected chi connectivity index (χ3v) is 7.34. The number of hydrogen-bond acceptors (Lipinski definition) is 8. The van der Waals surface area contributed by atoms with Crippen molar-refractivity contribution in [2.24, 2.45) is 0 Å². The second-order valence-corrected chi connectivity index (χ2v) is 10.3. The highest BCUT2D eigenvalue weighted by Crippen LogP contribution is 2.27. The number of likely N-dealkylation sites (N-methyl/N-ethyl adjacent to an activating group) is 1. The SMILES string of the molecule is CN(C/C=C/C(=O)Nc1cccc(-n2c(=O)n(-c3ccc(Oc4cccc(F)c4)cc3)c3c(N)ncnc32)c1)C1CCOC1. The Morgan fingerprint density at radius 3 is 2.68 bits per heavy atom. The molecule has 3 aromatic carbocycles. The number of carbonyl (C=O) groups excluding carboxylic acids is 1. The normalized spacial score (nSPS) is 14.9. The van der Waals surface area contributed by atoms with Crippen LogP contribution in [0.25, 0.3) is 22.5 Å². The predicted octanol–water partition coefficient (Wildman–Crippen LogP) is 4.30. The fourth-order valence-corrected chi connectivity index (χ4v) is 5.10. The number of ether oxygens (including phenoxy) is 2. The van der Waals surface area contributed by atoms with Gasteiger partial charge in [0.1, 0.15) is 29.2 Å². The van der Waals surface area contributed by atoms with E-state index >= 15 is 0 Å². The van der Waals surface area contributed by atoms with Crippen molar-refractivity contribution in [2.75, 3.05) is 37.9 Å². The lowest BCUT2D eigenvalue weighted by molar-refractivity contribution is -0.111. The first kappa shape index (κ1) is 28.8. The van der Waals surface area contributed by atoms with Crippen LogP contribution in [0.1, 0.15) is 6.42 Å². The van der Waals surface area contributed by atoms with Crippen LogP contribution in [0.3, 0.4) is 0 Å². The van der Waals surface area contributed by atoms with Crippen LogP contribution in [0.2, 0.25) is 0 Å². The number of nitrogens with one attached hydrogen (secondary N) is 1. The van der Waals surface area contributed by atoms with Gasteiger partial charge in [0, 0.05) is 37.0 Å². The van der Waals surface area contributed by atoms with Gasteiger partial charge in [-0.1, -0.05) is 18.2 Å². The quantitative estimate of drug-likeness (QED) is 0.241. The number of amides is 1. The maximum atomic E-state index is 13.9. The van der Waals surface area contributed by atoms with E-state index in [2.05, 4.69) is 20.2 Å². The van der Waals surface area contributed by atoms with Crippen LogP contribution in [-0.4, -0.2) is 62.8 Å². The lowest BCUT2D eigenvalue weighted by Gasteiger charge is -2.20. The number of imidazole rings is 1. The number of aromatic nitrogens is 4. The van der Waals surface area contributed by atoms with Crippen LogP contribution in [-0.2, 0) is 9.53 Å². The number of fused-ring (bicyclic) bond motifs is 1. The molecular weight excluding hydrogens is 565 g/mol. The minimum Gasteiger partial charge on any atom is -0.457 e. The molecule has 1 saturated heterocycles. The van der Waals surface area contributed by atoms with E-state index in [4.69, 9.17) is 15.2 Å². The molecule has 0 saturated carbocycles. The molecular formula is C32H30FN7O4. The first-order valence-electron chi connectivity index (χ1n) is 14.0. The molecule has 0 spiro atoms. The highest BCUT2D eigenvalue weighted by Gasteiger charge is 2.21. The van der Waals surface area contributed by atoms with E-state index in [0.29, 0.717) is 58.9 Å². The number of hydrogen-bond donors (Lipinski definition) is 2. The number of nitrogen functional groups attached to an aromatic ring is 1. The summed E-state index contributed by atoms with van der Waals surface area (Å²) in [4.78, 5) is 37.2. The second-order valence-electron chi connectivity index (χ2n) is 10.3. The molecule has 1 aliphatic heterocycles. The summed E-state index contributed by atoms with van der Waals surface area (Å²) in [5, 5.41) is 2.86. The molecule has 44 heavy (non-hydrogen) atoms. The summed E-state index contributed by atoms with van der Waals surface area (Å²) in [6.07, 6.45) is 5.57. The van der Waals surface area contributed by atoms with Gasteiger partial charge in [-0.05, 0) is 68.1 Å². The van der Waals surface area contributed by atoms with Crippen molar-refractivity contribution in [2.45, 2.75) is 12.5 Å². The van der Waals surface area contributed by atoms with Crippen molar-refractivity contribution in [3.05, 3.63) is 108 Å². The van der Waals surface area contributed by atoms with Gasteiger partial charge in [-0.2, -0.15) is 0 Å². The molecule has 12 heteroatoms. The molecule has 1 atom stereocenters. The van der Waals surface area contributed by atoms with Crippen LogP contribution in [0.4, 0.5) is 15.9 Å². The van der Waals surface area contributed by atoms with E-state index < -0.39 is 11.5 Å². The van der Waals surface area contributed by atoms with Gasteiger partial charge in [0.05, 0.1) is 18.0 Å². The van der Waals surface area contributed by atoms with Crippen LogP contribution in [0.15, 0.2) is 96.1 Å². The van der Waals surface area contributed by atoms with Gasteiger partial charge in [0.2, 0.25) is 5.91 Å². The van der Waals surface area contributed by atoms with Gasteiger partial charge < -0.3 is 20.5 Å². The van der Waals surface area contributed by atoms with Crippen LogP contribution >= 0.6 is 0 Å². The van der Waals surface area contributed by atoms with Gasteiger partial charge in [-0.25, -0.2) is 23.7 Å². The second kappa shape index (κ2) is 12.5. The molecule has 2 aromatic heterocycles. The standard InChI is InChI=1S/C32H30FN7O4/c1-38(25-14-16-43-19-25)15-4-9-28(41)37-22-6-3-7-24(18-22)40-31-29(30(34)35-20-36-31)39(32(40)42)23-10-12-26(13-11-23)44-27-8-2-5-21(33)17-27/h2-13,17-18,20,25H,14-16,19H2,1H3,(H,37,41)(H2,34,35,36)/b9-4+. The summed E-state index contributed by atoms with van der Waals surface area (Å²) in [6, 6.07) is 19.8. The first-order chi connectivity index (χ1) is 21.4.